The first-order valence-electron chi connectivity index (χ1n) is 7.83. The molecule has 1 heterocycles. The van der Waals surface area contributed by atoms with Gasteiger partial charge < -0.3 is 10.1 Å². The summed E-state index contributed by atoms with van der Waals surface area (Å²) in [4.78, 5) is 0. The Morgan fingerprint density at radius 2 is 2.00 bits per heavy atom. The molecule has 0 bridgehead atoms. The number of hydrogen-bond donors (Lipinski definition) is 1. The summed E-state index contributed by atoms with van der Waals surface area (Å²) in [6, 6.07) is 8.72. The van der Waals surface area contributed by atoms with Crippen molar-refractivity contribution in [1.29, 1.82) is 0 Å². The van der Waals surface area contributed by atoms with E-state index in [1.165, 1.54) is 43.2 Å². The first-order valence-corrected chi connectivity index (χ1v) is 7.83. The molecule has 104 valence electrons. The van der Waals surface area contributed by atoms with Gasteiger partial charge >= 0.3 is 0 Å². The van der Waals surface area contributed by atoms with Crippen molar-refractivity contribution >= 4 is 0 Å². The van der Waals surface area contributed by atoms with Crippen molar-refractivity contribution in [3.05, 3.63) is 35.4 Å². The smallest absolute Gasteiger partial charge is 0.0952 e. The summed E-state index contributed by atoms with van der Waals surface area (Å²) >= 11 is 0. The Morgan fingerprint density at radius 3 is 2.89 bits per heavy atom. The lowest BCUT2D eigenvalue weighted by Crippen LogP contribution is -2.28. The molecule has 0 spiro atoms. The summed E-state index contributed by atoms with van der Waals surface area (Å²) in [6.45, 7) is 2.97. The minimum atomic E-state index is 0.258. The minimum Gasteiger partial charge on any atom is -0.372 e. The molecular weight excluding hydrogens is 234 g/mol. The third-order valence-electron chi connectivity index (χ3n) is 4.63. The first kappa shape index (κ1) is 13.1. The van der Waals surface area contributed by atoms with Gasteiger partial charge in [-0.15, -0.1) is 0 Å². The highest BCUT2D eigenvalue weighted by atomic mass is 16.5. The normalized spacial score (nSPS) is 23.5. The van der Waals surface area contributed by atoms with E-state index in [4.69, 9.17) is 4.74 Å². The van der Waals surface area contributed by atoms with Gasteiger partial charge in [0.25, 0.3) is 0 Å². The maximum atomic E-state index is 5.91. The third-order valence-corrected chi connectivity index (χ3v) is 4.63. The molecule has 0 saturated heterocycles. The van der Waals surface area contributed by atoms with Crippen molar-refractivity contribution in [2.24, 2.45) is 5.92 Å². The summed E-state index contributed by atoms with van der Waals surface area (Å²) in [5.41, 5.74) is 2.86. The van der Waals surface area contributed by atoms with E-state index < -0.39 is 0 Å². The molecule has 1 aliphatic heterocycles. The van der Waals surface area contributed by atoms with Crippen LogP contribution in [0.3, 0.4) is 0 Å². The molecule has 2 aliphatic rings. The highest BCUT2D eigenvalue weighted by Gasteiger charge is 2.20. The predicted molar refractivity (Wildman–Crippen MR) is 78.3 cm³/mol. The number of nitrogens with one attached hydrogen (secondary N) is 1. The number of fused-ring (bicyclic) bond motifs is 1. The molecule has 2 nitrogen and oxygen atoms in total. The largest absolute Gasteiger partial charge is 0.372 e. The van der Waals surface area contributed by atoms with Crippen LogP contribution >= 0.6 is 0 Å². The Balaban J connectivity index is 1.45. The molecule has 1 aliphatic carbocycles. The van der Waals surface area contributed by atoms with E-state index >= 15 is 0 Å². The van der Waals surface area contributed by atoms with Crippen molar-refractivity contribution in [2.75, 3.05) is 19.7 Å². The fourth-order valence-electron chi connectivity index (χ4n) is 3.48. The molecule has 1 fully saturated rings. The van der Waals surface area contributed by atoms with E-state index in [2.05, 4.69) is 29.6 Å². The lowest BCUT2D eigenvalue weighted by Gasteiger charge is -2.26. The molecule has 2 heteroatoms. The van der Waals surface area contributed by atoms with Crippen LogP contribution in [0.4, 0.5) is 0 Å². The quantitative estimate of drug-likeness (QED) is 0.818. The van der Waals surface area contributed by atoms with Gasteiger partial charge in [0, 0.05) is 6.54 Å². The van der Waals surface area contributed by atoms with E-state index in [1.807, 2.05) is 0 Å². The summed E-state index contributed by atoms with van der Waals surface area (Å²) in [5, 5.41) is 3.60. The molecule has 1 aromatic carbocycles. The van der Waals surface area contributed by atoms with Crippen LogP contribution in [0.15, 0.2) is 24.3 Å². The number of benzene rings is 1. The van der Waals surface area contributed by atoms with E-state index in [1.54, 1.807) is 0 Å². The van der Waals surface area contributed by atoms with Crippen molar-refractivity contribution in [1.82, 2.24) is 5.32 Å². The molecule has 0 radical (unpaired) electrons. The van der Waals surface area contributed by atoms with Crippen LogP contribution in [0.1, 0.15) is 49.3 Å². The van der Waals surface area contributed by atoms with E-state index in [9.17, 15) is 0 Å². The van der Waals surface area contributed by atoms with Crippen molar-refractivity contribution < 1.29 is 4.74 Å². The molecule has 19 heavy (non-hydrogen) atoms. The maximum absolute atomic E-state index is 5.91. The van der Waals surface area contributed by atoms with Gasteiger partial charge in [0.15, 0.2) is 0 Å². The van der Waals surface area contributed by atoms with Gasteiger partial charge in [-0.1, -0.05) is 49.9 Å². The van der Waals surface area contributed by atoms with Gasteiger partial charge in [0.05, 0.1) is 12.7 Å². The lowest BCUT2D eigenvalue weighted by atomic mass is 9.97. The molecular formula is C17H25NO. The molecule has 0 aromatic heterocycles. The number of ether oxygens (including phenoxy) is 1. The average molecular weight is 259 g/mol. The molecule has 3 rings (SSSR count). The van der Waals surface area contributed by atoms with Crippen molar-refractivity contribution in [3.63, 3.8) is 0 Å². The molecule has 1 saturated carbocycles. The van der Waals surface area contributed by atoms with E-state index in [-0.39, 0.29) is 6.10 Å². The highest BCUT2D eigenvalue weighted by Crippen LogP contribution is 2.28. The SMILES string of the molecule is c1ccc2c(c1)CCO[C@@H]2CNCCC1CCCC1. The topological polar surface area (TPSA) is 21.3 Å². The van der Waals surface area contributed by atoms with Crippen LogP contribution in [0.2, 0.25) is 0 Å². The van der Waals surface area contributed by atoms with Crippen LogP contribution in [-0.2, 0) is 11.2 Å². The predicted octanol–water partition coefficient (Wildman–Crippen LogP) is 3.47. The third kappa shape index (κ3) is 3.37. The van der Waals surface area contributed by atoms with Gasteiger partial charge in [-0.2, -0.15) is 0 Å². The van der Waals surface area contributed by atoms with Crippen LogP contribution in [-0.4, -0.2) is 19.7 Å². The zero-order valence-electron chi connectivity index (χ0n) is 11.7. The number of hydrogen-bond acceptors (Lipinski definition) is 2. The van der Waals surface area contributed by atoms with E-state index in [0.717, 1.165) is 32.0 Å². The fourth-order valence-corrected chi connectivity index (χ4v) is 3.48. The van der Waals surface area contributed by atoms with Gasteiger partial charge in [0.2, 0.25) is 0 Å². The molecule has 0 amide bonds. The average Bonchev–Trinajstić information content (AvgIpc) is 2.97. The van der Waals surface area contributed by atoms with Gasteiger partial charge in [0.1, 0.15) is 0 Å². The fraction of sp³-hybridized carbons (Fsp3) is 0.647. The summed E-state index contributed by atoms with van der Waals surface area (Å²) in [5.74, 6) is 0.979. The summed E-state index contributed by atoms with van der Waals surface area (Å²) in [7, 11) is 0. The lowest BCUT2D eigenvalue weighted by molar-refractivity contribution is 0.0424. The van der Waals surface area contributed by atoms with Crippen LogP contribution in [0, 0.1) is 5.92 Å². The second-order valence-corrected chi connectivity index (χ2v) is 5.95. The Bertz CT molecular complexity index is 398. The van der Waals surface area contributed by atoms with Gasteiger partial charge in [-0.3, -0.25) is 0 Å². The first-order chi connectivity index (χ1) is 9.43. The Labute approximate surface area is 116 Å². The second-order valence-electron chi connectivity index (χ2n) is 5.95. The zero-order chi connectivity index (χ0) is 12.9. The maximum Gasteiger partial charge on any atom is 0.0952 e. The summed E-state index contributed by atoms with van der Waals surface area (Å²) in [6.07, 6.45) is 8.46. The van der Waals surface area contributed by atoms with Crippen LogP contribution in [0.25, 0.3) is 0 Å². The Morgan fingerprint density at radius 1 is 1.16 bits per heavy atom. The van der Waals surface area contributed by atoms with E-state index in [0.29, 0.717) is 0 Å². The minimum absolute atomic E-state index is 0.258. The molecule has 1 N–H and O–H groups in total. The Hall–Kier alpha value is -0.860. The highest BCUT2D eigenvalue weighted by molar-refractivity contribution is 5.31. The molecule has 0 unspecified atom stereocenters. The monoisotopic (exact) mass is 259 g/mol. The number of rotatable bonds is 5. The van der Waals surface area contributed by atoms with Crippen LogP contribution < -0.4 is 5.32 Å². The van der Waals surface area contributed by atoms with Crippen molar-refractivity contribution in [2.45, 2.75) is 44.6 Å². The standard InChI is InChI=1S/C17H25NO/c1-2-6-14(5-1)9-11-18-13-17-16-8-4-3-7-15(16)10-12-19-17/h3-4,7-8,14,17-18H,1-2,5-6,9-13H2/t17-/m1/s1. The van der Waals surface area contributed by atoms with Crippen LogP contribution in [0.5, 0.6) is 0 Å². The van der Waals surface area contributed by atoms with Crippen molar-refractivity contribution in [3.8, 4) is 0 Å². The van der Waals surface area contributed by atoms with Gasteiger partial charge in [-0.05, 0) is 36.4 Å². The Kier molecular flexibility index (Phi) is 4.52. The second kappa shape index (κ2) is 6.53. The molecule has 1 aromatic rings. The molecule has 1 atom stereocenters. The zero-order valence-corrected chi connectivity index (χ0v) is 11.7. The summed E-state index contributed by atoms with van der Waals surface area (Å²) < 4.78 is 5.91. The van der Waals surface area contributed by atoms with Gasteiger partial charge in [-0.25, -0.2) is 0 Å².